The van der Waals surface area contributed by atoms with E-state index in [0.29, 0.717) is 6.42 Å². The third-order valence-electron chi connectivity index (χ3n) is 7.12. The number of para-hydroxylation sites is 1. The second-order valence-electron chi connectivity index (χ2n) is 11.8. The third-order valence-corrected chi connectivity index (χ3v) is 9.16. The van der Waals surface area contributed by atoms with Crippen molar-refractivity contribution in [1.29, 1.82) is 0 Å². The van der Waals surface area contributed by atoms with Gasteiger partial charge in [-0.1, -0.05) is 145 Å². The molecule has 0 bridgehead atoms. The largest absolute Gasteiger partial charge is 0.519 e. The molecule has 3 nitrogen and oxygen atoms in total. The van der Waals surface area contributed by atoms with Gasteiger partial charge in [-0.05, 0) is 37.2 Å². The van der Waals surface area contributed by atoms with Gasteiger partial charge in [-0.25, -0.2) is 0 Å². The van der Waals surface area contributed by atoms with Crippen LogP contribution in [0.5, 0.6) is 0 Å². The monoisotopic (exact) mass is 553 g/mol. The highest BCUT2D eigenvalue weighted by Crippen LogP contribution is 2.17. The second-order valence-corrected chi connectivity index (χ2v) is 15.9. The summed E-state index contributed by atoms with van der Waals surface area (Å²) < 4.78 is 5.86. The summed E-state index contributed by atoms with van der Waals surface area (Å²) in [5.74, 6) is 0.0114. The Kier molecular flexibility index (Phi) is 20.4. The molecule has 0 aliphatic carbocycles. The number of carbonyl (C=O) groups excluding carboxylic acids is 1. The lowest BCUT2D eigenvalue weighted by Crippen LogP contribution is -2.36. The predicted octanol–water partition coefficient (Wildman–Crippen LogP) is 10.5. The SMILES string of the molecule is CCCCCCCCCCCCCCCCCC(=O)O[Si](C)(C)Cc1ccccc1.CN(C)c1ccccc1. The Morgan fingerprint density at radius 1 is 0.641 bits per heavy atom. The zero-order chi connectivity index (χ0) is 28.6. The minimum atomic E-state index is -1.97. The highest BCUT2D eigenvalue weighted by molar-refractivity contribution is 6.72. The maximum Gasteiger partial charge on any atom is 0.292 e. The molecule has 2 rings (SSSR count). The molecule has 0 aliphatic rings. The van der Waals surface area contributed by atoms with E-state index >= 15 is 0 Å². The van der Waals surface area contributed by atoms with Crippen molar-refractivity contribution in [2.24, 2.45) is 0 Å². The van der Waals surface area contributed by atoms with Crippen LogP contribution in [0, 0.1) is 0 Å². The van der Waals surface area contributed by atoms with Crippen molar-refractivity contribution in [1.82, 2.24) is 0 Å². The molecule has 0 saturated heterocycles. The van der Waals surface area contributed by atoms with Crippen LogP contribution in [-0.4, -0.2) is 28.4 Å². The van der Waals surface area contributed by atoms with E-state index < -0.39 is 8.32 Å². The molecule has 4 heteroatoms. The van der Waals surface area contributed by atoms with Crippen LogP contribution in [0.3, 0.4) is 0 Å². The summed E-state index contributed by atoms with van der Waals surface area (Å²) in [5, 5.41) is 0. The van der Waals surface area contributed by atoms with Crippen LogP contribution in [0.4, 0.5) is 5.69 Å². The number of nitrogens with zero attached hydrogens (tertiary/aromatic N) is 1. The molecule has 0 amide bonds. The van der Waals surface area contributed by atoms with E-state index in [0.717, 1.165) is 18.9 Å². The third kappa shape index (κ3) is 20.5. The first kappa shape index (κ1) is 35.0. The van der Waals surface area contributed by atoms with E-state index in [9.17, 15) is 4.79 Å². The number of unbranched alkanes of at least 4 members (excludes halogenated alkanes) is 14. The first-order valence-electron chi connectivity index (χ1n) is 15.8. The molecule has 220 valence electrons. The molecule has 0 aliphatic heterocycles. The normalized spacial score (nSPS) is 11.0. The van der Waals surface area contributed by atoms with E-state index in [4.69, 9.17) is 4.43 Å². The van der Waals surface area contributed by atoms with Gasteiger partial charge in [-0.3, -0.25) is 4.79 Å². The fourth-order valence-electron chi connectivity index (χ4n) is 4.85. The topological polar surface area (TPSA) is 29.5 Å². The maximum absolute atomic E-state index is 12.2. The van der Waals surface area contributed by atoms with Crippen LogP contribution in [0.25, 0.3) is 0 Å². The Balaban J connectivity index is 0.000000708. The van der Waals surface area contributed by atoms with Crippen molar-refractivity contribution in [3.8, 4) is 0 Å². The van der Waals surface area contributed by atoms with E-state index in [1.165, 1.54) is 94.7 Å². The fraction of sp³-hybridized carbons (Fsp3) is 0.629. The Bertz CT molecular complexity index is 823. The van der Waals surface area contributed by atoms with Gasteiger partial charge in [0.25, 0.3) is 14.3 Å². The smallest absolute Gasteiger partial charge is 0.292 e. The quantitative estimate of drug-likeness (QED) is 0.121. The minimum Gasteiger partial charge on any atom is -0.519 e. The fourth-order valence-corrected chi connectivity index (χ4v) is 6.86. The standard InChI is InChI=1S/C27H48O2Si.C8H11N/c1-4-5-6-7-8-9-10-11-12-13-14-15-16-17-21-24-27(28)29-30(2,3)25-26-22-19-18-20-23-26;1-9(2)8-6-4-3-5-7-8/h18-20,22-23H,4-17,21,24-25H2,1-3H3;3-7H,1-2H3. The second kappa shape index (κ2) is 22.7. The van der Waals surface area contributed by atoms with Gasteiger partial charge in [0.05, 0.1) is 0 Å². The number of rotatable bonds is 20. The van der Waals surface area contributed by atoms with Gasteiger partial charge in [0.1, 0.15) is 0 Å². The molecule has 0 atom stereocenters. The van der Waals surface area contributed by atoms with Crippen molar-refractivity contribution in [3.05, 3.63) is 66.2 Å². The average molecular weight is 554 g/mol. The first-order chi connectivity index (χ1) is 18.8. The summed E-state index contributed by atoms with van der Waals surface area (Å²) in [4.78, 5) is 14.3. The molecule has 0 aromatic heterocycles. The number of hydrogen-bond acceptors (Lipinski definition) is 3. The highest BCUT2D eigenvalue weighted by atomic mass is 28.4. The number of hydrogen-bond donors (Lipinski definition) is 0. The molecule has 0 heterocycles. The van der Waals surface area contributed by atoms with Crippen molar-refractivity contribution in [2.75, 3.05) is 19.0 Å². The van der Waals surface area contributed by atoms with E-state index in [-0.39, 0.29) is 5.97 Å². The van der Waals surface area contributed by atoms with Crippen LogP contribution in [0.2, 0.25) is 13.1 Å². The zero-order valence-electron chi connectivity index (χ0n) is 26.1. The lowest BCUT2D eigenvalue weighted by molar-refractivity contribution is -0.135. The van der Waals surface area contributed by atoms with E-state index in [2.05, 4.69) is 61.3 Å². The minimum absolute atomic E-state index is 0.0114. The molecule has 0 N–H and O–H groups in total. The summed E-state index contributed by atoms with van der Waals surface area (Å²) in [7, 11) is 2.11. The van der Waals surface area contributed by atoms with E-state index in [1.807, 2.05) is 38.4 Å². The van der Waals surface area contributed by atoms with Gasteiger partial charge >= 0.3 is 0 Å². The van der Waals surface area contributed by atoms with Gasteiger partial charge in [-0.2, -0.15) is 0 Å². The van der Waals surface area contributed by atoms with Crippen LogP contribution in [0.15, 0.2) is 60.7 Å². The Labute approximate surface area is 242 Å². The van der Waals surface area contributed by atoms with Crippen LogP contribution >= 0.6 is 0 Å². The lowest BCUT2D eigenvalue weighted by Gasteiger charge is -2.23. The first-order valence-corrected chi connectivity index (χ1v) is 18.9. The van der Waals surface area contributed by atoms with Crippen molar-refractivity contribution in [3.63, 3.8) is 0 Å². The van der Waals surface area contributed by atoms with Gasteiger partial charge in [0.2, 0.25) is 0 Å². The number of benzene rings is 2. The summed E-state index contributed by atoms with van der Waals surface area (Å²) in [5.41, 5.74) is 2.52. The van der Waals surface area contributed by atoms with Crippen LogP contribution < -0.4 is 4.90 Å². The molecule has 0 unspecified atom stereocenters. The lowest BCUT2D eigenvalue weighted by atomic mass is 10.0. The van der Waals surface area contributed by atoms with Crippen molar-refractivity contribution < 1.29 is 9.22 Å². The molecule has 39 heavy (non-hydrogen) atoms. The van der Waals surface area contributed by atoms with Crippen molar-refractivity contribution in [2.45, 2.75) is 129 Å². The predicted molar refractivity (Wildman–Crippen MR) is 174 cm³/mol. The Morgan fingerprint density at radius 3 is 1.46 bits per heavy atom. The van der Waals surface area contributed by atoms with E-state index in [1.54, 1.807) is 0 Å². The molecular weight excluding hydrogens is 494 g/mol. The molecule has 0 saturated carbocycles. The summed E-state index contributed by atoms with van der Waals surface area (Å²) in [6.45, 7) is 6.57. The summed E-state index contributed by atoms with van der Waals surface area (Å²) in [6, 6.07) is 21.5. The molecule has 0 radical (unpaired) electrons. The molecule has 2 aromatic carbocycles. The summed E-state index contributed by atoms with van der Waals surface area (Å²) in [6.07, 6.45) is 20.8. The van der Waals surface area contributed by atoms with Gasteiger partial charge in [0.15, 0.2) is 0 Å². The number of carbonyl (C=O) groups is 1. The van der Waals surface area contributed by atoms with Gasteiger partial charge in [-0.15, -0.1) is 0 Å². The van der Waals surface area contributed by atoms with Crippen LogP contribution in [-0.2, 0) is 15.3 Å². The number of anilines is 1. The Morgan fingerprint density at radius 2 is 1.05 bits per heavy atom. The average Bonchev–Trinajstić information content (AvgIpc) is 2.91. The molecule has 0 spiro atoms. The van der Waals surface area contributed by atoms with Gasteiger partial charge < -0.3 is 9.33 Å². The van der Waals surface area contributed by atoms with Crippen molar-refractivity contribution >= 4 is 20.0 Å². The molecular formula is C35H59NO2Si. The van der Waals surface area contributed by atoms with Gasteiger partial charge in [0, 0.05) is 32.2 Å². The zero-order valence-corrected chi connectivity index (χ0v) is 27.1. The summed E-state index contributed by atoms with van der Waals surface area (Å²) >= 11 is 0. The maximum atomic E-state index is 12.2. The molecule has 2 aromatic rings. The molecule has 0 fully saturated rings. The Hall–Kier alpha value is -2.07. The van der Waals surface area contributed by atoms with Crippen LogP contribution in [0.1, 0.15) is 115 Å². The highest BCUT2D eigenvalue weighted by Gasteiger charge is 2.27.